The Balaban J connectivity index is 2.22. The number of carbonyl (C=O) groups excluding carboxylic acids is 1. The number of aliphatic hydroxyl groups is 4. The average molecular weight is 789 g/mol. The summed E-state index contributed by atoms with van der Waals surface area (Å²) in [5, 5.41) is 40.0. The molecular formula is C47H80O9. The quantitative estimate of drug-likeness (QED) is 0.0278. The van der Waals surface area contributed by atoms with Crippen molar-refractivity contribution >= 4 is 5.97 Å². The van der Waals surface area contributed by atoms with Gasteiger partial charge in [0.2, 0.25) is 0 Å². The molecule has 0 radical (unpaired) electrons. The van der Waals surface area contributed by atoms with Gasteiger partial charge in [0, 0.05) is 13.0 Å². The second-order valence-corrected chi connectivity index (χ2v) is 14.8. The van der Waals surface area contributed by atoms with Crippen molar-refractivity contribution in [1.29, 1.82) is 0 Å². The van der Waals surface area contributed by atoms with Crippen molar-refractivity contribution in [2.24, 2.45) is 0 Å². The van der Waals surface area contributed by atoms with Gasteiger partial charge in [0.05, 0.1) is 19.8 Å². The molecule has 56 heavy (non-hydrogen) atoms. The van der Waals surface area contributed by atoms with Crippen LogP contribution >= 0.6 is 0 Å². The second-order valence-electron chi connectivity index (χ2n) is 14.8. The normalized spacial score (nSPS) is 21.3. The number of rotatable bonds is 36. The topological polar surface area (TPSA) is 135 Å². The van der Waals surface area contributed by atoms with E-state index in [2.05, 4.69) is 86.8 Å². The summed E-state index contributed by atoms with van der Waals surface area (Å²) in [7, 11) is 0. The summed E-state index contributed by atoms with van der Waals surface area (Å²) in [6.45, 7) is 4.38. The van der Waals surface area contributed by atoms with Crippen molar-refractivity contribution in [3.8, 4) is 0 Å². The molecule has 0 spiro atoms. The predicted molar refractivity (Wildman–Crippen MR) is 228 cm³/mol. The Kier molecular flexibility index (Phi) is 35.2. The Morgan fingerprint density at radius 2 is 1.09 bits per heavy atom. The van der Waals surface area contributed by atoms with Crippen LogP contribution in [0.1, 0.15) is 155 Å². The van der Waals surface area contributed by atoms with Gasteiger partial charge in [-0.3, -0.25) is 4.79 Å². The molecule has 1 saturated heterocycles. The van der Waals surface area contributed by atoms with E-state index in [9.17, 15) is 25.2 Å². The highest BCUT2D eigenvalue weighted by Gasteiger charge is 2.44. The minimum atomic E-state index is -1.54. The first kappa shape index (κ1) is 51.6. The molecule has 0 saturated carbocycles. The van der Waals surface area contributed by atoms with Crippen LogP contribution in [0.2, 0.25) is 0 Å². The second kappa shape index (κ2) is 38.2. The zero-order valence-electron chi connectivity index (χ0n) is 35.1. The molecule has 1 aliphatic heterocycles. The highest BCUT2D eigenvalue weighted by molar-refractivity contribution is 5.69. The maximum Gasteiger partial charge on any atom is 0.306 e. The molecule has 9 heteroatoms. The zero-order chi connectivity index (χ0) is 40.7. The van der Waals surface area contributed by atoms with Gasteiger partial charge in [0.25, 0.3) is 0 Å². The van der Waals surface area contributed by atoms with E-state index in [1.807, 2.05) is 0 Å². The number of unbranched alkanes of at least 4 members (excludes halogenated alkanes) is 13. The molecule has 4 N–H and O–H groups in total. The molecule has 322 valence electrons. The van der Waals surface area contributed by atoms with Gasteiger partial charge < -0.3 is 39.4 Å². The van der Waals surface area contributed by atoms with E-state index in [0.29, 0.717) is 13.0 Å². The number of allylic oxidation sites excluding steroid dienone is 12. The Morgan fingerprint density at radius 3 is 1.64 bits per heavy atom. The molecule has 9 nitrogen and oxygen atoms in total. The lowest BCUT2D eigenvalue weighted by molar-refractivity contribution is -0.305. The highest BCUT2D eigenvalue weighted by atomic mass is 16.7. The number of carbonyl (C=O) groups is 1. The number of hydrogen-bond acceptors (Lipinski definition) is 9. The first-order chi connectivity index (χ1) is 27.4. The van der Waals surface area contributed by atoms with Gasteiger partial charge in [-0.1, -0.05) is 157 Å². The van der Waals surface area contributed by atoms with Crippen LogP contribution in [0, 0.1) is 0 Å². The Bertz CT molecular complexity index is 1080. The molecule has 0 aromatic rings. The van der Waals surface area contributed by atoms with Crippen LogP contribution in [0.25, 0.3) is 0 Å². The summed E-state index contributed by atoms with van der Waals surface area (Å²) in [6, 6.07) is 0. The molecule has 0 aliphatic carbocycles. The van der Waals surface area contributed by atoms with Crippen LogP contribution in [0.4, 0.5) is 0 Å². The van der Waals surface area contributed by atoms with Crippen LogP contribution in [0.3, 0.4) is 0 Å². The fourth-order valence-electron chi connectivity index (χ4n) is 6.20. The fraction of sp³-hybridized carbons (Fsp3) is 0.723. The van der Waals surface area contributed by atoms with Crippen LogP contribution < -0.4 is 0 Å². The fourth-order valence-corrected chi connectivity index (χ4v) is 6.20. The molecule has 6 atom stereocenters. The molecule has 1 aliphatic rings. The lowest BCUT2D eigenvalue weighted by atomic mass is 9.99. The van der Waals surface area contributed by atoms with Gasteiger partial charge in [-0.05, 0) is 64.2 Å². The Morgan fingerprint density at radius 1 is 0.589 bits per heavy atom. The molecular weight excluding hydrogens is 709 g/mol. The average Bonchev–Trinajstić information content (AvgIpc) is 3.20. The van der Waals surface area contributed by atoms with E-state index in [4.69, 9.17) is 18.9 Å². The van der Waals surface area contributed by atoms with E-state index < -0.39 is 43.4 Å². The summed E-state index contributed by atoms with van der Waals surface area (Å²) < 4.78 is 22.7. The highest BCUT2D eigenvalue weighted by Crippen LogP contribution is 2.22. The van der Waals surface area contributed by atoms with E-state index in [0.717, 1.165) is 83.5 Å². The van der Waals surface area contributed by atoms with Crippen LogP contribution in [0.15, 0.2) is 72.9 Å². The Labute approximate surface area is 340 Å². The Hall–Kier alpha value is -2.37. The summed E-state index contributed by atoms with van der Waals surface area (Å²) >= 11 is 0. The maximum absolute atomic E-state index is 12.7. The molecule has 0 amide bonds. The minimum Gasteiger partial charge on any atom is -0.457 e. The molecule has 6 unspecified atom stereocenters. The van der Waals surface area contributed by atoms with Gasteiger partial charge in [0.15, 0.2) is 6.29 Å². The van der Waals surface area contributed by atoms with E-state index in [-0.39, 0.29) is 19.2 Å². The van der Waals surface area contributed by atoms with Gasteiger partial charge in [-0.25, -0.2) is 0 Å². The summed E-state index contributed by atoms with van der Waals surface area (Å²) in [5.74, 6) is -0.333. The summed E-state index contributed by atoms with van der Waals surface area (Å²) in [5.41, 5.74) is 0. The summed E-state index contributed by atoms with van der Waals surface area (Å²) in [4.78, 5) is 12.7. The van der Waals surface area contributed by atoms with Gasteiger partial charge in [-0.15, -0.1) is 0 Å². The lowest BCUT2D eigenvalue weighted by Gasteiger charge is -2.39. The van der Waals surface area contributed by atoms with Crippen molar-refractivity contribution in [1.82, 2.24) is 0 Å². The van der Waals surface area contributed by atoms with Crippen molar-refractivity contribution < 1.29 is 44.2 Å². The molecule has 0 aromatic heterocycles. The largest absolute Gasteiger partial charge is 0.457 e. The standard InChI is InChI=1S/C47H80O9/c1-3-5-7-9-11-13-14-15-16-17-18-19-20-21-22-23-24-25-26-27-28-29-30-32-34-36-43(49)55-41(39-53-37-35-33-31-12-10-8-6-4-2)40-54-47-46(52)45(51)44(50)42(38-48)56-47/h5,7,11,13,15-16,18-19,21-22,24-25,41-42,44-48,50-52H,3-4,6,8-10,12,14,17,20,23,26-40H2,1-2H3/b7-5-,13-11-,16-15-,19-18-,22-21-,25-24-. The third kappa shape index (κ3) is 28.9. The minimum absolute atomic E-state index is 0.122. The molecule has 0 bridgehead atoms. The lowest BCUT2D eigenvalue weighted by Crippen LogP contribution is -2.59. The van der Waals surface area contributed by atoms with Gasteiger partial charge in [0.1, 0.15) is 30.5 Å². The predicted octanol–water partition coefficient (Wildman–Crippen LogP) is 9.69. The molecule has 1 fully saturated rings. The smallest absolute Gasteiger partial charge is 0.306 e. The molecule has 1 heterocycles. The SMILES string of the molecule is CC/C=C\C/C=C\C/C=C\C/C=C\C/C=C\C/C=C\CCCCCCCCC(=O)OC(COCCCCCCCCCC)COC1OC(CO)C(O)C(O)C1O. The third-order valence-electron chi connectivity index (χ3n) is 9.64. The van der Waals surface area contributed by atoms with Gasteiger partial charge >= 0.3 is 5.97 Å². The van der Waals surface area contributed by atoms with E-state index in [1.165, 1.54) is 51.4 Å². The van der Waals surface area contributed by atoms with Gasteiger partial charge in [-0.2, -0.15) is 0 Å². The van der Waals surface area contributed by atoms with Crippen LogP contribution in [0.5, 0.6) is 0 Å². The van der Waals surface area contributed by atoms with Crippen LogP contribution in [-0.4, -0.2) is 89.6 Å². The van der Waals surface area contributed by atoms with Crippen molar-refractivity contribution in [2.45, 2.75) is 192 Å². The number of ether oxygens (including phenoxy) is 4. The zero-order valence-corrected chi connectivity index (χ0v) is 35.1. The third-order valence-corrected chi connectivity index (χ3v) is 9.64. The van der Waals surface area contributed by atoms with Crippen molar-refractivity contribution in [3.63, 3.8) is 0 Å². The van der Waals surface area contributed by atoms with Crippen molar-refractivity contribution in [3.05, 3.63) is 72.9 Å². The molecule has 1 rings (SSSR count). The van der Waals surface area contributed by atoms with E-state index in [1.54, 1.807) is 0 Å². The monoisotopic (exact) mass is 789 g/mol. The number of hydrogen-bond donors (Lipinski definition) is 4. The molecule has 0 aromatic carbocycles. The number of esters is 1. The maximum atomic E-state index is 12.7. The number of aliphatic hydroxyl groups excluding tert-OH is 4. The summed E-state index contributed by atoms with van der Waals surface area (Å²) in [6.07, 6.45) is 42.2. The first-order valence-electron chi connectivity index (χ1n) is 22.0. The van der Waals surface area contributed by atoms with Crippen LogP contribution in [-0.2, 0) is 23.7 Å². The van der Waals surface area contributed by atoms with E-state index >= 15 is 0 Å². The first-order valence-corrected chi connectivity index (χ1v) is 22.0. The van der Waals surface area contributed by atoms with Crippen molar-refractivity contribution in [2.75, 3.05) is 26.4 Å².